The molecule has 0 amide bonds. The van der Waals surface area contributed by atoms with Crippen molar-refractivity contribution >= 4 is 17.3 Å². The largest absolute Gasteiger partial charge is 0.300 e. The fourth-order valence-electron chi connectivity index (χ4n) is 8.57. The number of ketones is 3. The first kappa shape index (κ1) is 22.7. The lowest BCUT2D eigenvalue weighted by atomic mass is 9.44. The highest BCUT2D eigenvalue weighted by atomic mass is 16.1. The quantitative estimate of drug-likeness (QED) is 0.580. The summed E-state index contributed by atoms with van der Waals surface area (Å²) in [6.45, 7) is 8.70. The summed E-state index contributed by atoms with van der Waals surface area (Å²) < 4.78 is 0. The highest BCUT2D eigenvalue weighted by Gasteiger charge is 2.62. The molecule has 0 aromatic carbocycles. The Balaban J connectivity index is 1.52. The van der Waals surface area contributed by atoms with E-state index >= 15 is 0 Å². The van der Waals surface area contributed by atoms with Crippen molar-refractivity contribution in [2.24, 2.45) is 52.3 Å². The second-order valence-corrected chi connectivity index (χ2v) is 11.9. The molecule has 0 bridgehead atoms. The Morgan fingerprint density at radius 1 is 1.06 bits per heavy atom. The van der Waals surface area contributed by atoms with Crippen molar-refractivity contribution in [3.8, 4) is 6.07 Å². The van der Waals surface area contributed by atoms with Gasteiger partial charge in [0.15, 0.2) is 0 Å². The van der Waals surface area contributed by atoms with E-state index in [2.05, 4.69) is 26.8 Å². The number of fused-ring (bicyclic) bond motifs is 5. The monoisotopic (exact) mass is 425 g/mol. The average molecular weight is 426 g/mol. The van der Waals surface area contributed by atoms with Crippen LogP contribution in [0.25, 0.3) is 0 Å². The molecule has 4 heteroatoms. The molecule has 4 aliphatic rings. The second kappa shape index (κ2) is 8.13. The molecule has 0 aromatic heterocycles. The first-order chi connectivity index (χ1) is 14.6. The Morgan fingerprint density at radius 3 is 2.48 bits per heavy atom. The van der Waals surface area contributed by atoms with Gasteiger partial charge in [-0.2, -0.15) is 5.26 Å². The lowest BCUT2D eigenvalue weighted by molar-refractivity contribution is -0.159. The molecular formula is C27H39NO3. The van der Waals surface area contributed by atoms with Crippen LogP contribution in [-0.4, -0.2) is 17.3 Å². The standard InChI is InChI=1S/C27H39NO3/c1-16(15-28)5-8-24(30)17(2)20-6-7-21-19-14-25(31)23-13-18(29)9-11-27(23,4)22(19)10-12-26(20,21)3/h16-17,19-23H,5-14H2,1-4H3/t16?,17-,19+,20-,21-,22-,23-,26-,27-/m0/s1. The van der Waals surface area contributed by atoms with Crippen molar-refractivity contribution in [2.75, 3.05) is 0 Å². The smallest absolute Gasteiger partial charge is 0.137 e. The molecule has 0 radical (unpaired) electrons. The van der Waals surface area contributed by atoms with Crippen LogP contribution in [0, 0.1) is 63.6 Å². The summed E-state index contributed by atoms with van der Waals surface area (Å²) in [5.74, 6) is 2.70. The molecule has 170 valence electrons. The Hall–Kier alpha value is -1.50. The third-order valence-electron chi connectivity index (χ3n) is 10.5. The predicted molar refractivity (Wildman–Crippen MR) is 119 cm³/mol. The first-order valence-electron chi connectivity index (χ1n) is 12.6. The zero-order valence-electron chi connectivity index (χ0n) is 19.8. The minimum Gasteiger partial charge on any atom is -0.300 e. The third kappa shape index (κ3) is 3.61. The van der Waals surface area contributed by atoms with Gasteiger partial charge < -0.3 is 0 Å². The lowest BCUT2D eigenvalue weighted by Crippen LogP contribution is -2.56. The summed E-state index contributed by atoms with van der Waals surface area (Å²) >= 11 is 0. The molecule has 4 saturated carbocycles. The van der Waals surface area contributed by atoms with Gasteiger partial charge in [-0.25, -0.2) is 0 Å². The molecule has 9 atom stereocenters. The van der Waals surface area contributed by atoms with Crippen LogP contribution in [0.1, 0.15) is 91.9 Å². The van der Waals surface area contributed by atoms with E-state index in [1.807, 2.05) is 6.92 Å². The van der Waals surface area contributed by atoms with Crippen LogP contribution in [-0.2, 0) is 14.4 Å². The van der Waals surface area contributed by atoms with E-state index in [0.717, 1.165) is 32.1 Å². The van der Waals surface area contributed by atoms with Crippen molar-refractivity contribution in [1.82, 2.24) is 0 Å². The molecule has 4 rings (SSSR count). The van der Waals surface area contributed by atoms with Gasteiger partial charge in [0, 0.05) is 43.4 Å². The van der Waals surface area contributed by atoms with Crippen molar-refractivity contribution in [3.63, 3.8) is 0 Å². The van der Waals surface area contributed by atoms with Crippen LogP contribution >= 0.6 is 0 Å². The van der Waals surface area contributed by atoms with Crippen LogP contribution in [0.5, 0.6) is 0 Å². The Morgan fingerprint density at radius 2 is 1.77 bits per heavy atom. The highest BCUT2D eigenvalue weighted by molar-refractivity contribution is 5.90. The van der Waals surface area contributed by atoms with Crippen molar-refractivity contribution in [1.29, 1.82) is 5.26 Å². The van der Waals surface area contributed by atoms with Crippen LogP contribution in [0.4, 0.5) is 0 Å². The fourth-order valence-corrected chi connectivity index (χ4v) is 8.57. The zero-order valence-corrected chi connectivity index (χ0v) is 19.8. The Kier molecular flexibility index (Phi) is 5.95. The van der Waals surface area contributed by atoms with Crippen molar-refractivity contribution < 1.29 is 14.4 Å². The van der Waals surface area contributed by atoms with E-state index in [1.165, 1.54) is 0 Å². The minimum atomic E-state index is -0.0668. The second-order valence-electron chi connectivity index (χ2n) is 11.9. The normalized spacial score (nSPS) is 43.9. The topological polar surface area (TPSA) is 75.0 Å². The van der Waals surface area contributed by atoms with Gasteiger partial charge >= 0.3 is 0 Å². The Bertz CT molecular complexity index is 812. The maximum Gasteiger partial charge on any atom is 0.137 e. The highest BCUT2D eigenvalue weighted by Crippen LogP contribution is 2.67. The number of hydrogen-bond donors (Lipinski definition) is 0. The van der Waals surface area contributed by atoms with Gasteiger partial charge in [-0.3, -0.25) is 14.4 Å². The number of nitriles is 1. The molecule has 0 heterocycles. The van der Waals surface area contributed by atoms with Gasteiger partial charge in [-0.15, -0.1) is 0 Å². The van der Waals surface area contributed by atoms with Crippen LogP contribution in [0.3, 0.4) is 0 Å². The van der Waals surface area contributed by atoms with Gasteiger partial charge in [-0.1, -0.05) is 20.8 Å². The summed E-state index contributed by atoms with van der Waals surface area (Å²) in [6.07, 6.45) is 8.27. The van der Waals surface area contributed by atoms with Gasteiger partial charge in [0.2, 0.25) is 0 Å². The summed E-state index contributed by atoms with van der Waals surface area (Å²) in [5.41, 5.74) is 0.118. The molecule has 0 spiro atoms. The molecule has 0 saturated heterocycles. The average Bonchev–Trinajstić information content (AvgIpc) is 3.09. The summed E-state index contributed by atoms with van der Waals surface area (Å²) in [4.78, 5) is 38.3. The zero-order chi connectivity index (χ0) is 22.6. The third-order valence-corrected chi connectivity index (χ3v) is 10.5. The maximum atomic E-state index is 13.2. The summed E-state index contributed by atoms with van der Waals surface area (Å²) in [6, 6.07) is 2.24. The van der Waals surface area contributed by atoms with E-state index in [9.17, 15) is 14.4 Å². The number of Topliss-reactive ketones (excluding diaryl/α,β-unsaturated/α-hetero) is 3. The number of carbonyl (C=O) groups excluding carboxylic acids is 3. The van der Waals surface area contributed by atoms with Gasteiger partial charge in [0.1, 0.15) is 17.3 Å². The van der Waals surface area contributed by atoms with Gasteiger partial charge in [-0.05, 0) is 80.0 Å². The number of carbonyl (C=O) groups is 3. The first-order valence-corrected chi connectivity index (χ1v) is 12.6. The van der Waals surface area contributed by atoms with Crippen LogP contribution < -0.4 is 0 Å². The molecule has 31 heavy (non-hydrogen) atoms. The van der Waals surface area contributed by atoms with Gasteiger partial charge in [0.25, 0.3) is 0 Å². The molecule has 0 N–H and O–H groups in total. The number of hydrogen-bond acceptors (Lipinski definition) is 4. The van der Waals surface area contributed by atoms with Crippen molar-refractivity contribution in [2.45, 2.75) is 91.9 Å². The van der Waals surface area contributed by atoms with E-state index in [-0.39, 0.29) is 34.4 Å². The molecule has 0 aromatic rings. The van der Waals surface area contributed by atoms with E-state index in [1.54, 1.807) is 0 Å². The van der Waals surface area contributed by atoms with E-state index < -0.39 is 0 Å². The molecule has 4 nitrogen and oxygen atoms in total. The van der Waals surface area contributed by atoms with Crippen molar-refractivity contribution in [3.05, 3.63) is 0 Å². The predicted octanol–water partition coefficient (Wildman–Crippen LogP) is 5.54. The SMILES string of the molecule is CC(C#N)CCC(=O)[C@@H](C)[C@@H]1CC[C@H]2[C@H]3CC(=O)[C@@H]4CC(=O)CC[C@@]4(C)[C@H]3CC[C@]21C. The van der Waals surface area contributed by atoms with E-state index in [0.29, 0.717) is 67.3 Å². The molecule has 1 unspecified atom stereocenters. The van der Waals surface area contributed by atoms with Crippen LogP contribution in [0.15, 0.2) is 0 Å². The van der Waals surface area contributed by atoms with Gasteiger partial charge in [0.05, 0.1) is 6.07 Å². The lowest BCUT2D eigenvalue weighted by Gasteiger charge is -2.59. The summed E-state index contributed by atoms with van der Waals surface area (Å²) in [5, 5.41) is 9.03. The van der Waals surface area contributed by atoms with Crippen LogP contribution in [0.2, 0.25) is 0 Å². The van der Waals surface area contributed by atoms with E-state index in [4.69, 9.17) is 5.26 Å². The number of nitrogens with zero attached hydrogens (tertiary/aromatic N) is 1. The number of rotatable bonds is 5. The molecule has 4 fully saturated rings. The summed E-state index contributed by atoms with van der Waals surface area (Å²) in [7, 11) is 0. The molecule has 4 aliphatic carbocycles. The fraction of sp³-hybridized carbons (Fsp3) is 0.852. The minimum absolute atomic E-state index is 0.0117. The maximum absolute atomic E-state index is 13.2. The Labute approximate surface area is 187 Å². The molecule has 0 aliphatic heterocycles. The molecular weight excluding hydrogens is 386 g/mol.